The van der Waals surface area contributed by atoms with Gasteiger partial charge in [-0.25, -0.2) is 0 Å². The molecule has 2 aliphatic carbocycles. The van der Waals surface area contributed by atoms with Crippen molar-refractivity contribution in [2.75, 3.05) is 0 Å². The second-order valence-corrected chi connectivity index (χ2v) is 8.70. The van der Waals surface area contributed by atoms with Crippen molar-refractivity contribution in [3.05, 3.63) is 66.0 Å². The van der Waals surface area contributed by atoms with Gasteiger partial charge < -0.3 is 10.4 Å². The zero-order valence-electron chi connectivity index (χ0n) is 16.6. The van der Waals surface area contributed by atoms with Crippen LogP contribution in [0.15, 0.2) is 54.9 Å². The van der Waals surface area contributed by atoms with Gasteiger partial charge in [-0.05, 0) is 60.6 Å². The number of nitrogens with one attached hydrogen (secondary N) is 1. The number of aliphatic hydroxyl groups is 1. The molecule has 4 nitrogen and oxygen atoms in total. The number of fused-ring (bicyclic) bond motifs is 2. The number of hydrogen-bond donors (Lipinski definition) is 2. The van der Waals surface area contributed by atoms with Crippen LogP contribution in [0.25, 0.3) is 0 Å². The van der Waals surface area contributed by atoms with Gasteiger partial charge in [0.1, 0.15) is 0 Å². The average molecular weight is 379 g/mol. The number of carbonyl (C=O) groups excluding carboxylic acids is 1. The van der Waals surface area contributed by atoms with Crippen molar-refractivity contribution >= 4 is 5.91 Å². The Bertz CT molecular complexity index is 793. The standard InChI is InChI=1S/C24H30N2O2/c1-17-12-19-13-21(9-10-22(19)27)24(17,20-7-3-2-4-8-20)14-23(28)26-16-18-6-5-11-25-15-18/h2-8,11,15,17,19,21-22,27H,9-10,12-14,16H2,1H3,(H,26,28)/t17-,19?,21?,22?,24?/m0/s1. The molecular formula is C24H30N2O2. The van der Waals surface area contributed by atoms with Gasteiger partial charge in [-0.15, -0.1) is 0 Å². The Kier molecular flexibility index (Phi) is 5.49. The predicted molar refractivity (Wildman–Crippen MR) is 109 cm³/mol. The fraction of sp³-hybridized carbons (Fsp3) is 0.500. The molecule has 0 saturated heterocycles. The molecule has 0 spiro atoms. The van der Waals surface area contributed by atoms with E-state index >= 15 is 0 Å². The molecule has 1 amide bonds. The average Bonchev–Trinajstić information content (AvgIpc) is 2.73. The van der Waals surface area contributed by atoms with Gasteiger partial charge in [-0.2, -0.15) is 0 Å². The molecular weight excluding hydrogens is 348 g/mol. The monoisotopic (exact) mass is 378 g/mol. The molecule has 4 unspecified atom stereocenters. The van der Waals surface area contributed by atoms with Crippen LogP contribution in [0, 0.1) is 17.8 Å². The highest BCUT2D eigenvalue weighted by Crippen LogP contribution is 2.56. The minimum atomic E-state index is -0.174. The molecule has 4 rings (SSSR count). The van der Waals surface area contributed by atoms with Crippen molar-refractivity contribution in [3.63, 3.8) is 0 Å². The Morgan fingerprint density at radius 1 is 1.18 bits per heavy atom. The topological polar surface area (TPSA) is 62.2 Å². The summed E-state index contributed by atoms with van der Waals surface area (Å²) >= 11 is 0. The Morgan fingerprint density at radius 2 is 2.00 bits per heavy atom. The fourth-order valence-electron chi connectivity index (χ4n) is 5.76. The number of amides is 1. The highest BCUT2D eigenvalue weighted by Gasteiger charge is 2.53. The number of rotatable bonds is 5. The van der Waals surface area contributed by atoms with Crippen LogP contribution in [0.1, 0.15) is 50.2 Å². The van der Waals surface area contributed by atoms with E-state index in [1.54, 1.807) is 12.4 Å². The molecule has 2 N–H and O–H groups in total. The van der Waals surface area contributed by atoms with E-state index in [1.165, 1.54) is 5.56 Å². The first-order chi connectivity index (χ1) is 13.6. The maximum absolute atomic E-state index is 13.1. The van der Waals surface area contributed by atoms with Gasteiger partial charge in [-0.3, -0.25) is 9.78 Å². The molecule has 0 radical (unpaired) electrons. The maximum atomic E-state index is 13.1. The van der Waals surface area contributed by atoms with E-state index in [0.29, 0.717) is 30.7 Å². The van der Waals surface area contributed by atoms with Crippen molar-refractivity contribution in [1.29, 1.82) is 0 Å². The largest absolute Gasteiger partial charge is 0.393 e. The summed E-state index contributed by atoms with van der Waals surface area (Å²) < 4.78 is 0. The number of aromatic nitrogens is 1. The minimum absolute atomic E-state index is 0.101. The van der Waals surface area contributed by atoms with Crippen LogP contribution in [-0.2, 0) is 16.8 Å². The van der Waals surface area contributed by atoms with E-state index in [2.05, 4.69) is 41.5 Å². The number of benzene rings is 1. The number of aliphatic hydroxyl groups excluding tert-OH is 1. The summed E-state index contributed by atoms with van der Waals surface area (Å²) in [5, 5.41) is 13.5. The van der Waals surface area contributed by atoms with E-state index < -0.39 is 0 Å². The Balaban J connectivity index is 1.58. The molecule has 2 bridgehead atoms. The molecule has 4 heteroatoms. The van der Waals surface area contributed by atoms with Gasteiger partial charge in [0.05, 0.1) is 6.10 Å². The van der Waals surface area contributed by atoms with E-state index in [1.807, 2.05) is 18.2 Å². The molecule has 2 aromatic rings. The highest BCUT2D eigenvalue weighted by molar-refractivity contribution is 5.78. The van der Waals surface area contributed by atoms with Gasteiger partial charge in [-0.1, -0.05) is 43.3 Å². The molecule has 1 aromatic heterocycles. The molecule has 2 saturated carbocycles. The predicted octanol–water partition coefficient (Wildman–Crippen LogP) is 3.84. The van der Waals surface area contributed by atoms with Crippen LogP contribution < -0.4 is 5.32 Å². The summed E-state index contributed by atoms with van der Waals surface area (Å²) in [5.74, 6) is 1.28. The van der Waals surface area contributed by atoms with Crippen molar-refractivity contribution in [2.24, 2.45) is 17.8 Å². The summed E-state index contributed by atoms with van der Waals surface area (Å²) in [4.78, 5) is 17.2. The Labute approximate surface area is 167 Å². The molecule has 148 valence electrons. The van der Waals surface area contributed by atoms with E-state index in [0.717, 1.165) is 31.2 Å². The van der Waals surface area contributed by atoms with Crippen LogP contribution in [0.5, 0.6) is 0 Å². The Hall–Kier alpha value is -2.20. The third kappa shape index (κ3) is 3.58. The zero-order valence-corrected chi connectivity index (χ0v) is 16.6. The second-order valence-electron chi connectivity index (χ2n) is 8.70. The molecule has 5 atom stereocenters. The van der Waals surface area contributed by atoms with Crippen LogP contribution in [0.3, 0.4) is 0 Å². The normalized spacial score (nSPS) is 31.9. The van der Waals surface area contributed by atoms with Crippen molar-refractivity contribution in [3.8, 4) is 0 Å². The van der Waals surface area contributed by atoms with E-state index in [4.69, 9.17) is 0 Å². The first-order valence-electron chi connectivity index (χ1n) is 10.5. The molecule has 28 heavy (non-hydrogen) atoms. The number of carbonyl (C=O) groups is 1. The lowest BCUT2D eigenvalue weighted by Gasteiger charge is -2.55. The molecule has 0 aliphatic heterocycles. The first kappa shape index (κ1) is 19.1. The summed E-state index contributed by atoms with van der Waals surface area (Å²) in [6.45, 7) is 2.79. The van der Waals surface area contributed by atoms with E-state index in [9.17, 15) is 9.90 Å². The van der Waals surface area contributed by atoms with Gasteiger partial charge in [0.25, 0.3) is 0 Å². The summed E-state index contributed by atoms with van der Waals surface area (Å²) in [5.41, 5.74) is 2.14. The van der Waals surface area contributed by atoms with Gasteiger partial charge >= 0.3 is 0 Å². The SMILES string of the molecule is C[C@H]1CC2CC(CCC2O)C1(CC(=O)NCc1cccnc1)c1ccccc1. The zero-order chi connectivity index (χ0) is 19.6. The molecule has 2 aliphatic rings. The van der Waals surface area contributed by atoms with Gasteiger partial charge in [0.15, 0.2) is 0 Å². The lowest BCUT2D eigenvalue weighted by atomic mass is 9.50. The third-order valence-electron chi connectivity index (χ3n) is 7.18. The minimum Gasteiger partial charge on any atom is -0.393 e. The summed E-state index contributed by atoms with van der Waals surface area (Å²) in [6.07, 6.45) is 7.73. The lowest BCUT2D eigenvalue weighted by Crippen LogP contribution is -2.53. The molecule has 2 fully saturated rings. The fourth-order valence-corrected chi connectivity index (χ4v) is 5.76. The summed E-state index contributed by atoms with van der Waals surface area (Å²) in [6, 6.07) is 14.5. The number of hydrogen-bond acceptors (Lipinski definition) is 3. The van der Waals surface area contributed by atoms with Crippen LogP contribution in [-0.4, -0.2) is 22.1 Å². The van der Waals surface area contributed by atoms with Crippen molar-refractivity contribution in [2.45, 2.75) is 57.1 Å². The van der Waals surface area contributed by atoms with Crippen LogP contribution in [0.2, 0.25) is 0 Å². The third-order valence-corrected chi connectivity index (χ3v) is 7.18. The second kappa shape index (κ2) is 8.04. The number of pyridine rings is 1. The first-order valence-corrected chi connectivity index (χ1v) is 10.5. The smallest absolute Gasteiger partial charge is 0.221 e. The lowest BCUT2D eigenvalue weighted by molar-refractivity contribution is -0.126. The van der Waals surface area contributed by atoms with Crippen molar-refractivity contribution in [1.82, 2.24) is 10.3 Å². The van der Waals surface area contributed by atoms with Gasteiger partial charge in [0, 0.05) is 30.8 Å². The van der Waals surface area contributed by atoms with Crippen LogP contribution in [0.4, 0.5) is 0 Å². The number of nitrogens with zero attached hydrogens (tertiary/aromatic N) is 1. The van der Waals surface area contributed by atoms with Crippen LogP contribution >= 0.6 is 0 Å². The van der Waals surface area contributed by atoms with Gasteiger partial charge in [0.2, 0.25) is 5.91 Å². The molecule has 1 heterocycles. The summed E-state index contributed by atoms with van der Waals surface area (Å²) in [7, 11) is 0. The van der Waals surface area contributed by atoms with Crippen molar-refractivity contribution < 1.29 is 9.90 Å². The van der Waals surface area contributed by atoms with E-state index in [-0.39, 0.29) is 17.4 Å². The molecule has 1 aromatic carbocycles. The maximum Gasteiger partial charge on any atom is 0.221 e. The quantitative estimate of drug-likeness (QED) is 0.831. The highest BCUT2D eigenvalue weighted by atomic mass is 16.3. The Morgan fingerprint density at radius 3 is 2.75 bits per heavy atom.